The molecule has 1 atom stereocenters. The van der Waals surface area contributed by atoms with Gasteiger partial charge in [0.15, 0.2) is 0 Å². The average Bonchev–Trinajstić information content (AvgIpc) is 2.35. The molecule has 3 N–H and O–H groups in total. The Balaban J connectivity index is 2.80. The highest BCUT2D eigenvalue weighted by atomic mass is 16.3. The predicted octanol–water partition coefficient (Wildman–Crippen LogP) is 0.0196. The molecule has 7 heteroatoms. The zero-order valence-corrected chi connectivity index (χ0v) is 10.7. The highest BCUT2D eigenvalue weighted by molar-refractivity contribution is 5.42. The van der Waals surface area contributed by atoms with Crippen LogP contribution in [-0.2, 0) is 0 Å². The molecule has 0 saturated carbocycles. The van der Waals surface area contributed by atoms with Crippen LogP contribution in [0.25, 0.3) is 0 Å². The first-order valence-corrected chi connectivity index (χ1v) is 5.52. The molecule has 1 heterocycles. The number of aromatic nitrogens is 3. The second-order valence-electron chi connectivity index (χ2n) is 4.10. The molecule has 0 bridgehead atoms. The number of nitrogens with one attached hydrogen (secondary N) is 2. The summed E-state index contributed by atoms with van der Waals surface area (Å²) in [6, 6.07) is 0. The normalized spacial score (nSPS) is 12.1. The van der Waals surface area contributed by atoms with Crippen LogP contribution in [0.4, 0.5) is 17.8 Å². The number of nitrogens with zero attached hydrogens (tertiary/aromatic N) is 4. The van der Waals surface area contributed by atoms with Crippen molar-refractivity contribution in [2.24, 2.45) is 5.92 Å². The van der Waals surface area contributed by atoms with E-state index in [1.54, 1.807) is 7.05 Å². The smallest absolute Gasteiger partial charge is 0.231 e. The summed E-state index contributed by atoms with van der Waals surface area (Å²) in [5, 5.41) is 14.9. The monoisotopic (exact) mass is 240 g/mol. The third-order valence-electron chi connectivity index (χ3n) is 2.17. The molecule has 0 fully saturated rings. The Kier molecular flexibility index (Phi) is 4.89. The fourth-order valence-corrected chi connectivity index (χ4v) is 1.09. The Morgan fingerprint density at radius 3 is 2.41 bits per heavy atom. The minimum Gasteiger partial charge on any atom is -0.396 e. The summed E-state index contributed by atoms with van der Waals surface area (Å²) >= 11 is 0. The minimum atomic E-state index is 0.136. The third-order valence-corrected chi connectivity index (χ3v) is 2.17. The van der Waals surface area contributed by atoms with Crippen LogP contribution in [0.2, 0.25) is 0 Å². The summed E-state index contributed by atoms with van der Waals surface area (Å²) in [5.74, 6) is 1.77. The van der Waals surface area contributed by atoms with Crippen LogP contribution in [0.1, 0.15) is 6.92 Å². The molecule has 0 amide bonds. The van der Waals surface area contributed by atoms with Gasteiger partial charge in [-0.05, 0) is 5.92 Å². The second kappa shape index (κ2) is 6.19. The molecule has 0 radical (unpaired) electrons. The fourth-order valence-electron chi connectivity index (χ4n) is 1.09. The lowest BCUT2D eigenvalue weighted by Crippen LogP contribution is -2.19. The topological polar surface area (TPSA) is 86.2 Å². The fraction of sp³-hybridized carbons (Fsp3) is 0.700. The van der Waals surface area contributed by atoms with Gasteiger partial charge in [-0.15, -0.1) is 0 Å². The van der Waals surface area contributed by atoms with E-state index in [9.17, 15) is 0 Å². The highest BCUT2D eigenvalue weighted by Crippen LogP contribution is 2.11. The lowest BCUT2D eigenvalue weighted by molar-refractivity contribution is 0.244. The molecule has 0 spiro atoms. The van der Waals surface area contributed by atoms with Crippen molar-refractivity contribution in [3.63, 3.8) is 0 Å². The third kappa shape index (κ3) is 4.03. The lowest BCUT2D eigenvalue weighted by Gasteiger charge is -2.14. The van der Waals surface area contributed by atoms with Crippen molar-refractivity contribution in [2.45, 2.75) is 6.92 Å². The van der Waals surface area contributed by atoms with Gasteiger partial charge in [0.1, 0.15) is 0 Å². The molecular weight excluding hydrogens is 220 g/mol. The van der Waals surface area contributed by atoms with Crippen molar-refractivity contribution in [3.05, 3.63) is 0 Å². The van der Waals surface area contributed by atoms with E-state index in [2.05, 4.69) is 25.6 Å². The maximum absolute atomic E-state index is 8.94. The van der Waals surface area contributed by atoms with Crippen molar-refractivity contribution >= 4 is 17.8 Å². The highest BCUT2D eigenvalue weighted by Gasteiger charge is 2.08. The molecule has 1 aromatic rings. The quantitative estimate of drug-likeness (QED) is 0.646. The van der Waals surface area contributed by atoms with E-state index in [1.807, 2.05) is 25.9 Å². The predicted molar refractivity (Wildman–Crippen MR) is 68.4 cm³/mol. The van der Waals surface area contributed by atoms with E-state index in [0.29, 0.717) is 24.4 Å². The van der Waals surface area contributed by atoms with Crippen LogP contribution in [0.3, 0.4) is 0 Å². The zero-order valence-electron chi connectivity index (χ0n) is 10.7. The molecule has 0 aliphatic rings. The molecule has 0 saturated heterocycles. The van der Waals surface area contributed by atoms with E-state index < -0.39 is 0 Å². The maximum Gasteiger partial charge on any atom is 0.231 e. The first kappa shape index (κ1) is 13.4. The summed E-state index contributed by atoms with van der Waals surface area (Å²) < 4.78 is 0. The van der Waals surface area contributed by atoms with Gasteiger partial charge in [0.2, 0.25) is 17.8 Å². The van der Waals surface area contributed by atoms with Crippen molar-refractivity contribution < 1.29 is 5.11 Å². The van der Waals surface area contributed by atoms with Gasteiger partial charge in [-0.2, -0.15) is 15.0 Å². The van der Waals surface area contributed by atoms with Crippen LogP contribution in [-0.4, -0.2) is 54.4 Å². The largest absolute Gasteiger partial charge is 0.396 e. The van der Waals surface area contributed by atoms with E-state index in [1.165, 1.54) is 0 Å². The van der Waals surface area contributed by atoms with Gasteiger partial charge in [0.25, 0.3) is 0 Å². The van der Waals surface area contributed by atoms with Gasteiger partial charge in [-0.25, -0.2) is 0 Å². The molecule has 17 heavy (non-hydrogen) atoms. The first-order chi connectivity index (χ1) is 8.06. The molecule has 1 aromatic heterocycles. The summed E-state index contributed by atoms with van der Waals surface area (Å²) in [6.07, 6.45) is 0. The van der Waals surface area contributed by atoms with Crippen molar-refractivity contribution in [3.8, 4) is 0 Å². The average molecular weight is 240 g/mol. The van der Waals surface area contributed by atoms with Gasteiger partial charge in [0, 0.05) is 34.3 Å². The summed E-state index contributed by atoms with van der Waals surface area (Å²) in [6.45, 7) is 2.70. The van der Waals surface area contributed by atoms with Crippen LogP contribution in [0, 0.1) is 5.92 Å². The Hall–Kier alpha value is -1.63. The van der Waals surface area contributed by atoms with Gasteiger partial charge in [-0.1, -0.05) is 6.92 Å². The Labute approximate surface area is 101 Å². The number of aliphatic hydroxyl groups is 1. The molecular formula is C10H20N6O. The summed E-state index contributed by atoms with van der Waals surface area (Å²) in [5.41, 5.74) is 0. The van der Waals surface area contributed by atoms with Gasteiger partial charge in [-0.3, -0.25) is 0 Å². The van der Waals surface area contributed by atoms with Gasteiger partial charge in [0.05, 0.1) is 0 Å². The van der Waals surface area contributed by atoms with E-state index in [-0.39, 0.29) is 12.5 Å². The van der Waals surface area contributed by atoms with Crippen molar-refractivity contribution in [2.75, 3.05) is 49.8 Å². The minimum absolute atomic E-state index is 0.136. The van der Waals surface area contributed by atoms with Crippen LogP contribution in [0.5, 0.6) is 0 Å². The summed E-state index contributed by atoms with van der Waals surface area (Å²) in [4.78, 5) is 14.5. The molecule has 1 rings (SSSR count). The number of aliphatic hydroxyl groups excluding tert-OH is 1. The molecule has 0 aliphatic heterocycles. The lowest BCUT2D eigenvalue weighted by atomic mass is 10.2. The second-order valence-corrected chi connectivity index (χ2v) is 4.10. The number of hydrogen-bond donors (Lipinski definition) is 3. The molecule has 7 nitrogen and oxygen atoms in total. The first-order valence-electron chi connectivity index (χ1n) is 5.52. The number of anilines is 3. The maximum atomic E-state index is 8.94. The number of rotatable bonds is 6. The van der Waals surface area contributed by atoms with Gasteiger partial charge < -0.3 is 20.6 Å². The van der Waals surface area contributed by atoms with E-state index in [0.717, 1.165) is 0 Å². The van der Waals surface area contributed by atoms with E-state index >= 15 is 0 Å². The summed E-state index contributed by atoms with van der Waals surface area (Å²) in [7, 11) is 5.50. The molecule has 0 aliphatic carbocycles. The van der Waals surface area contributed by atoms with Crippen LogP contribution in [0.15, 0.2) is 0 Å². The van der Waals surface area contributed by atoms with Crippen LogP contribution < -0.4 is 15.5 Å². The Bertz CT molecular complexity index is 357. The Morgan fingerprint density at radius 2 is 1.88 bits per heavy atom. The molecule has 96 valence electrons. The van der Waals surface area contributed by atoms with Gasteiger partial charge >= 0.3 is 0 Å². The van der Waals surface area contributed by atoms with Crippen molar-refractivity contribution in [1.29, 1.82) is 0 Å². The molecule has 1 unspecified atom stereocenters. The zero-order chi connectivity index (χ0) is 12.8. The standard InChI is InChI=1S/C10H20N6O/c1-7(6-17)5-12-9-13-8(11-2)14-10(15-9)16(3)4/h7,17H,5-6H2,1-4H3,(H2,11,12,13,14,15). The SMILES string of the molecule is CNc1nc(NCC(C)CO)nc(N(C)C)n1. The van der Waals surface area contributed by atoms with Crippen molar-refractivity contribution in [1.82, 2.24) is 15.0 Å². The number of hydrogen-bond acceptors (Lipinski definition) is 7. The Morgan fingerprint density at radius 1 is 1.24 bits per heavy atom. The van der Waals surface area contributed by atoms with Crippen LogP contribution >= 0.6 is 0 Å². The molecule has 0 aromatic carbocycles. The van der Waals surface area contributed by atoms with E-state index in [4.69, 9.17) is 5.11 Å².